The highest BCUT2D eigenvalue weighted by atomic mass is 32.2. The standard InChI is InChI=1S/C11H23N3O3S/c1-2-7-12-11(15)10-13-18(16,17)14-8-5-3-4-6-9-14/h13H,2-10H2,1H3,(H,12,15). The second kappa shape index (κ2) is 7.70. The zero-order chi connectivity index (χ0) is 13.4. The van der Waals surface area contributed by atoms with Gasteiger partial charge in [-0.15, -0.1) is 0 Å². The van der Waals surface area contributed by atoms with Crippen LogP contribution in [0.25, 0.3) is 0 Å². The van der Waals surface area contributed by atoms with Gasteiger partial charge in [-0.05, 0) is 19.3 Å². The minimum absolute atomic E-state index is 0.182. The minimum atomic E-state index is -3.50. The highest BCUT2D eigenvalue weighted by Crippen LogP contribution is 2.11. The van der Waals surface area contributed by atoms with Gasteiger partial charge in [0.15, 0.2) is 0 Å². The van der Waals surface area contributed by atoms with Gasteiger partial charge in [0.05, 0.1) is 6.54 Å². The number of rotatable bonds is 6. The molecule has 1 aliphatic rings. The summed E-state index contributed by atoms with van der Waals surface area (Å²) >= 11 is 0. The zero-order valence-electron chi connectivity index (χ0n) is 10.9. The third-order valence-electron chi connectivity index (χ3n) is 2.89. The van der Waals surface area contributed by atoms with E-state index in [1.165, 1.54) is 4.31 Å². The molecule has 1 aliphatic heterocycles. The summed E-state index contributed by atoms with van der Waals surface area (Å²) in [6.45, 7) is 3.43. The Morgan fingerprint density at radius 2 is 1.78 bits per heavy atom. The summed E-state index contributed by atoms with van der Waals surface area (Å²) < 4.78 is 27.7. The van der Waals surface area contributed by atoms with Crippen molar-refractivity contribution in [1.82, 2.24) is 14.3 Å². The number of carbonyl (C=O) groups excluding carboxylic acids is 1. The average molecular weight is 277 g/mol. The van der Waals surface area contributed by atoms with Crippen molar-refractivity contribution in [1.29, 1.82) is 0 Å². The van der Waals surface area contributed by atoms with Crippen molar-refractivity contribution < 1.29 is 13.2 Å². The number of nitrogens with zero attached hydrogens (tertiary/aromatic N) is 1. The van der Waals surface area contributed by atoms with Crippen LogP contribution >= 0.6 is 0 Å². The molecule has 0 saturated carbocycles. The smallest absolute Gasteiger partial charge is 0.279 e. The van der Waals surface area contributed by atoms with Crippen molar-refractivity contribution in [2.45, 2.75) is 39.0 Å². The van der Waals surface area contributed by atoms with Crippen molar-refractivity contribution >= 4 is 16.1 Å². The Balaban J connectivity index is 2.40. The predicted octanol–water partition coefficient (Wildman–Crippen LogP) is 0.223. The van der Waals surface area contributed by atoms with Gasteiger partial charge in [0.25, 0.3) is 10.2 Å². The van der Waals surface area contributed by atoms with Gasteiger partial charge in [0.1, 0.15) is 0 Å². The first-order chi connectivity index (χ1) is 8.56. The molecule has 0 aromatic rings. The topological polar surface area (TPSA) is 78.5 Å². The van der Waals surface area contributed by atoms with Gasteiger partial charge in [-0.25, -0.2) is 0 Å². The van der Waals surface area contributed by atoms with Crippen LogP contribution in [0.2, 0.25) is 0 Å². The Bertz CT molecular complexity index is 349. The van der Waals surface area contributed by atoms with E-state index in [1.807, 2.05) is 6.92 Å². The van der Waals surface area contributed by atoms with E-state index in [0.29, 0.717) is 19.6 Å². The Hall–Kier alpha value is -0.660. The lowest BCUT2D eigenvalue weighted by atomic mass is 10.2. The lowest BCUT2D eigenvalue weighted by Gasteiger charge is -2.19. The quantitative estimate of drug-likeness (QED) is 0.729. The van der Waals surface area contributed by atoms with Crippen molar-refractivity contribution in [3.8, 4) is 0 Å². The second-order valence-corrected chi connectivity index (χ2v) is 6.24. The molecule has 6 nitrogen and oxygen atoms in total. The number of hydrogen-bond acceptors (Lipinski definition) is 3. The molecule has 0 aliphatic carbocycles. The van der Waals surface area contributed by atoms with E-state index in [0.717, 1.165) is 32.1 Å². The molecule has 1 fully saturated rings. The molecule has 0 spiro atoms. The fourth-order valence-corrected chi connectivity index (χ4v) is 3.09. The third-order valence-corrected chi connectivity index (χ3v) is 4.45. The first kappa shape index (κ1) is 15.4. The molecule has 1 heterocycles. The summed E-state index contributed by atoms with van der Waals surface area (Å²) in [6.07, 6.45) is 4.77. The van der Waals surface area contributed by atoms with E-state index >= 15 is 0 Å². The molecule has 2 N–H and O–H groups in total. The highest BCUT2D eigenvalue weighted by Gasteiger charge is 2.22. The molecular weight excluding hydrogens is 254 g/mol. The summed E-state index contributed by atoms with van der Waals surface area (Å²) in [5, 5.41) is 2.64. The Labute approximate surface area is 109 Å². The molecule has 1 saturated heterocycles. The molecule has 0 aromatic heterocycles. The molecule has 18 heavy (non-hydrogen) atoms. The van der Waals surface area contributed by atoms with E-state index < -0.39 is 10.2 Å². The van der Waals surface area contributed by atoms with Crippen LogP contribution in [-0.4, -0.2) is 44.8 Å². The van der Waals surface area contributed by atoms with Crippen LogP contribution < -0.4 is 10.0 Å². The van der Waals surface area contributed by atoms with Gasteiger partial charge >= 0.3 is 0 Å². The van der Waals surface area contributed by atoms with Crippen molar-refractivity contribution in [3.63, 3.8) is 0 Å². The molecule has 106 valence electrons. The maximum absolute atomic E-state index is 12.0. The van der Waals surface area contributed by atoms with Crippen LogP contribution in [0.1, 0.15) is 39.0 Å². The predicted molar refractivity (Wildman–Crippen MR) is 70.3 cm³/mol. The summed E-state index contributed by atoms with van der Waals surface area (Å²) in [5.74, 6) is -0.282. The summed E-state index contributed by atoms with van der Waals surface area (Å²) in [7, 11) is -3.50. The molecule has 0 atom stereocenters. The van der Waals surface area contributed by atoms with Gasteiger partial charge in [-0.1, -0.05) is 19.8 Å². The van der Waals surface area contributed by atoms with Crippen LogP contribution in [-0.2, 0) is 15.0 Å². The number of carbonyl (C=O) groups is 1. The first-order valence-corrected chi connectivity index (χ1v) is 8.01. The van der Waals surface area contributed by atoms with Crippen LogP contribution in [0.4, 0.5) is 0 Å². The maximum atomic E-state index is 12.0. The third kappa shape index (κ3) is 5.32. The fourth-order valence-electron chi connectivity index (χ4n) is 1.86. The van der Waals surface area contributed by atoms with Crippen LogP contribution in [0.15, 0.2) is 0 Å². The van der Waals surface area contributed by atoms with Crippen molar-refractivity contribution in [2.75, 3.05) is 26.2 Å². The molecular formula is C11H23N3O3S. The van der Waals surface area contributed by atoms with Crippen LogP contribution in [0.3, 0.4) is 0 Å². The Morgan fingerprint density at radius 3 is 2.33 bits per heavy atom. The van der Waals surface area contributed by atoms with E-state index in [9.17, 15) is 13.2 Å². The second-order valence-electron chi connectivity index (χ2n) is 4.49. The Kier molecular flexibility index (Phi) is 6.59. The first-order valence-electron chi connectivity index (χ1n) is 6.57. The molecule has 0 unspecified atom stereocenters. The molecule has 0 aromatic carbocycles. The number of amides is 1. The van der Waals surface area contributed by atoms with E-state index in [-0.39, 0.29) is 12.5 Å². The van der Waals surface area contributed by atoms with E-state index in [4.69, 9.17) is 0 Å². The van der Waals surface area contributed by atoms with Gasteiger partial charge in [0, 0.05) is 19.6 Å². The molecule has 0 bridgehead atoms. The average Bonchev–Trinajstić information content (AvgIpc) is 2.63. The van der Waals surface area contributed by atoms with E-state index in [1.54, 1.807) is 0 Å². The van der Waals surface area contributed by atoms with Crippen LogP contribution in [0, 0.1) is 0 Å². The van der Waals surface area contributed by atoms with Crippen molar-refractivity contribution in [3.05, 3.63) is 0 Å². The molecule has 0 radical (unpaired) electrons. The lowest BCUT2D eigenvalue weighted by molar-refractivity contribution is -0.119. The minimum Gasteiger partial charge on any atom is -0.355 e. The van der Waals surface area contributed by atoms with Gasteiger partial charge in [-0.3, -0.25) is 4.79 Å². The van der Waals surface area contributed by atoms with Crippen molar-refractivity contribution in [2.24, 2.45) is 0 Å². The monoisotopic (exact) mass is 277 g/mol. The van der Waals surface area contributed by atoms with Gasteiger partial charge in [-0.2, -0.15) is 17.4 Å². The van der Waals surface area contributed by atoms with Crippen LogP contribution in [0.5, 0.6) is 0 Å². The molecule has 1 amide bonds. The largest absolute Gasteiger partial charge is 0.355 e. The van der Waals surface area contributed by atoms with Gasteiger partial charge < -0.3 is 5.32 Å². The Morgan fingerprint density at radius 1 is 1.17 bits per heavy atom. The summed E-state index contributed by atoms with van der Waals surface area (Å²) in [5.41, 5.74) is 0. The summed E-state index contributed by atoms with van der Waals surface area (Å²) in [6, 6.07) is 0. The van der Waals surface area contributed by atoms with E-state index in [2.05, 4.69) is 10.0 Å². The highest BCUT2D eigenvalue weighted by molar-refractivity contribution is 7.87. The zero-order valence-corrected chi connectivity index (χ0v) is 11.8. The number of nitrogens with one attached hydrogen (secondary N) is 2. The SMILES string of the molecule is CCCNC(=O)CNS(=O)(=O)N1CCCCCC1. The molecule has 7 heteroatoms. The van der Waals surface area contributed by atoms with Gasteiger partial charge in [0.2, 0.25) is 5.91 Å². The molecule has 1 rings (SSSR count). The lowest BCUT2D eigenvalue weighted by Crippen LogP contribution is -2.45. The summed E-state index contributed by atoms with van der Waals surface area (Å²) in [4.78, 5) is 11.3. The normalized spacial score (nSPS) is 18.3. The maximum Gasteiger partial charge on any atom is 0.279 e. The fraction of sp³-hybridized carbons (Fsp3) is 0.909. The number of hydrogen-bond donors (Lipinski definition) is 2.